The molecule has 0 unspecified atom stereocenters. The minimum atomic E-state index is 0.955. The smallest absolute Gasteiger partial charge is 0.155 e. The molecular formula is C21H26N6. The predicted molar refractivity (Wildman–Crippen MR) is 108 cm³/mol. The highest BCUT2D eigenvalue weighted by Gasteiger charge is 2.22. The summed E-state index contributed by atoms with van der Waals surface area (Å²) in [6.45, 7) is 9.13. The van der Waals surface area contributed by atoms with E-state index in [4.69, 9.17) is 0 Å². The maximum atomic E-state index is 4.67. The van der Waals surface area contributed by atoms with Crippen LogP contribution in [0.5, 0.6) is 0 Å². The third kappa shape index (κ3) is 3.71. The fourth-order valence-corrected chi connectivity index (χ4v) is 3.62. The van der Waals surface area contributed by atoms with Gasteiger partial charge in [-0.2, -0.15) is 5.10 Å². The summed E-state index contributed by atoms with van der Waals surface area (Å²) in [4.78, 5) is 14.2. The maximum absolute atomic E-state index is 4.67. The minimum absolute atomic E-state index is 0.955. The van der Waals surface area contributed by atoms with E-state index >= 15 is 0 Å². The zero-order valence-electron chi connectivity index (χ0n) is 16.3. The number of nitrogens with zero attached hydrogens (tertiary/aromatic N) is 6. The molecule has 3 heterocycles. The fourth-order valence-electron chi connectivity index (χ4n) is 3.62. The molecule has 0 saturated carbocycles. The van der Waals surface area contributed by atoms with Crippen molar-refractivity contribution in [1.29, 1.82) is 0 Å². The Labute approximate surface area is 160 Å². The van der Waals surface area contributed by atoms with E-state index in [1.807, 2.05) is 17.9 Å². The quantitative estimate of drug-likeness (QED) is 0.714. The molecule has 1 fully saturated rings. The van der Waals surface area contributed by atoms with Gasteiger partial charge in [-0.15, -0.1) is 0 Å². The molecule has 1 aromatic carbocycles. The number of anilines is 1. The van der Waals surface area contributed by atoms with Gasteiger partial charge < -0.3 is 4.90 Å². The van der Waals surface area contributed by atoms with Crippen molar-refractivity contribution < 1.29 is 0 Å². The van der Waals surface area contributed by atoms with Crippen LogP contribution in [-0.4, -0.2) is 50.8 Å². The molecule has 4 rings (SSSR count). The summed E-state index contributed by atoms with van der Waals surface area (Å²) < 4.78 is 1.94. The molecular weight excluding hydrogens is 336 g/mol. The van der Waals surface area contributed by atoms with Gasteiger partial charge in [0, 0.05) is 69.0 Å². The number of aromatic nitrogens is 4. The average molecular weight is 362 g/mol. The number of benzene rings is 1. The van der Waals surface area contributed by atoms with Crippen LogP contribution in [0.15, 0.2) is 42.9 Å². The van der Waals surface area contributed by atoms with Crippen molar-refractivity contribution in [2.45, 2.75) is 20.4 Å². The van der Waals surface area contributed by atoms with Gasteiger partial charge in [-0.05, 0) is 19.9 Å². The van der Waals surface area contributed by atoms with Crippen molar-refractivity contribution >= 4 is 5.82 Å². The maximum Gasteiger partial charge on any atom is 0.155 e. The molecule has 0 amide bonds. The molecule has 0 aliphatic carbocycles. The lowest BCUT2D eigenvalue weighted by molar-refractivity contribution is 0.249. The first-order chi connectivity index (χ1) is 13.1. The highest BCUT2D eigenvalue weighted by Crippen LogP contribution is 2.28. The Hall–Kier alpha value is -2.73. The normalized spacial score (nSPS) is 15.3. The average Bonchev–Trinajstić information content (AvgIpc) is 3.01. The monoisotopic (exact) mass is 362 g/mol. The van der Waals surface area contributed by atoms with E-state index in [1.165, 1.54) is 16.8 Å². The van der Waals surface area contributed by atoms with Crippen molar-refractivity contribution in [1.82, 2.24) is 24.6 Å². The van der Waals surface area contributed by atoms with Gasteiger partial charge in [0.15, 0.2) is 5.82 Å². The molecule has 27 heavy (non-hydrogen) atoms. The van der Waals surface area contributed by atoms with Gasteiger partial charge >= 0.3 is 0 Å². The fraction of sp³-hybridized carbons (Fsp3) is 0.381. The molecule has 2 aromatic heterocycles. The summed E-state index contributed by atoms with van der Waals surface area (Å²) in [5.41, 5.74) is 5.89. The number of hydrogen-bond donors (Lipinski definition) is 0. The van der Waals surface area contributed by atoms with Crippen LogP contribution >= 0.6 is 0 Å². The van der Waals surface area contributed by atoms with E-state index < -0.39 is 0 Å². The molecule has 0 N–H and O–H groups in total. The van der Waals surface area contributed by atoms with E-state index in [0.29, 0.717) is 0 Å². The Balaban J connectivity index is 1.48. The molecule has 140 valence electrons. The molecule has 3 aromatic rings. The van der Waals surface area contributed by atoms with Gasteiger partial charge in [-0.1, -0.05) is 23.8 Å². The van der Waals surface area contributed by atoms with Crippen molar-refractivity contribution in [2.75, 3.05) is 31.1 Å². The summed E-state index contributed by atoms with van der Waals surface area (Å²) in [7, 11) is 2.00. The second-order valence-electron chi connectivity index (χ2n) is 7.24. The van der Waals surface area contributed by atoms with Gasteiger partial charge in [-0.25, -0.2) is 4.98 Å². The van der Waals surface area contributed by atoms with Crippen molar-refractivity contribution in [3.8, 4) is 11.3 Å². The van der Waals surface area contributed by atoms with E-state index in [9.17, 15) is 0 Å². The molecule has 1 aliphatic rings. The van der Waals surface area contributed by atoms with Crippen LogP contribution in [-0.2, 0) is 13.6 Å². The number of hydrogen-bond acceptors (Lipinski definition) is 5. The molecule has 6 nitrogen and oxygen atoms in total. The first-order valence-corrected chi connectivity index (χ1v) is 9.44. The predicted octanol–water partition coefficient (Wildman–Crippen LogP) is 2.82. The van der Waals surface area contributed by atoms with Crippen LogP contribution in [0.3, 0.4) is 0 Å². The Morgan fingerprint density at radius 1 is 1.00 bits per heavy atom. The zero-order valence-corrected chi connectivity index (χ0v) is 16.3. The number of rotatable bonds is 4. The van der Waals surface area contributed by atoms with Crippen LogP contribution < -0.4 is 4.90 Å². The Kier molecular flexibility index (Phi) is 4.90. The van der Waals surface area contributed by atoms with Crippen LogP contribution in [0.1, 0.15) is 16.8 Å². The van der Waals surface area contributed by atoms with E-state index in [1.54, 1.807) is 12.4 Å². The first-order valence-electron chi connectivity index (χ1n) is 9.44. The second kappa shape index (κ2) is 7.48. The highest BCUT2D eigenvalue weighted by molar-refractivity contribution is 5.72. The summed E-state index contributed by atoms with van der Waals surface area (Å²) in [5.74, 6) is 0.986. The van der Waals surface area contributed by atoms with Crippen molar-refractivity contribution in [3.63, 3.8) is 0 Å². The first kappa shape index (κ1) is 17.7. The summed E-state index contributed by atoms with van der Waals surface area (Å²) >= 11 is 0. The van der Waals surface area contributed by atoms with Gasteiger partial charge in [0.25, 0.3) is 0 Å². The van der Waals surface area contributed by atoms with Crippen LogP contribution in [0.25, 0.3) is 11.3 Å². The number of aryl methyl sites for hydroxylation is 2. The third-order valence-corrected chi connectivity index (χ3v) is 5.37. The molecule has 6 heteroatoms. The van der Waals surface area contributed by atoms with Gasteiger partial charge in [0.1, 0.15) is 5.69 Å². The standard InChI is InChI=1S/C21H26N6/c1-16-5-4-6-18(13-16)20-21(23-8-7-22-20)27-11-9-26(10-12-27)15-19-14-24-25(3)17(19)2/h4-8,13-14H,9-12,15H2,1-3H3. The molecule has 0 bridgehead atoms. The van der Waals surface area contributed by atoms with Gasteiger partial charge in [0.2, 0.25) is 0 Å². The SMILES string of the molecule is Cc1cccc(-c2nccnc2N2CCN(Cc3cnn(C)c3C)CC2)c1. The highest BCUT2D eigenvalue weighted by atomic mass is 15.3. The van der Waals surface area contributed by atoms with Gasteiger partial charge in [-0.3, -0.25) is 14.6 Å². The van der Waals surface area contributed by atoms with E-state index in [2.05, 4.69) is 63.0 Å². The van der Waals surface area contributed by atoms with E-state index in [0.717, 1.165) is 49.8 Å². The minimum Gasteiger partial charge on any atom is -0.352 e. The van der Waals surface area contributed by atoms with Crippen LogP contribution in [0, 0.1) is 13.8 Å². The summed E-state index contributed by atoms with van der Waals surface area (Å²) in [6.07, 6.45) is 5.56. The summed E-state index contributed by atoms with van der Waals surface area (Å²) in [6, 6.07) is 8.48. The van der Waals surface area contributed by atoms with Crippen molar-refractivity contribution in [3.05, 3.63) is 59.7 Å². The number of piperazine rings is 1. The molecule has 0 radical (unpaired) electrons. The largest absolute Gasteiger partial charge is 0.352 e. The lowest BCUT2D eigenvalue weighted by Gasteiger charge is -2.35. The zero-order chi connectivity index (χ0) is 18.8. The Bertz CT molecular complexity index is 924. The van der Waals surface area contributed by atoms with Crippen LogP contribution in [0.4, 0.5) is 5.82 Å². The van der Waals surface area contributed by atoms with Gasteiger partial charge in [0.05, 0.1) is 6.20 Å². The molecule has 0 atom stereocenters. The second-order valence-corrected chi connectivity index (χ2v) is 7.24. The molecule has 0 spiro atoms. The third-order valence-electron chi connectivity index (χ3n) is 5.37. The summed E-state index contributed by atoms with van der Waals surface area (Å²) in [5, 5.41) is 4.36. The molecule has 1 aliphatic heterocycles. The van der Waals surface area contributed by atoms with E-state index in [-0.39, 0.29) is 0 Å². The van der Waals surface area contributed by atoms with Crippen molar-refractivity contribution in [2.24, 2.45) is 7.05 Å². The lowest BCUT2D eigenvalue weighted by Crippen LogP contribution is -2.46. The molecule has 1 saturated heterocycles. The Morgan fingerprint density at radius 3 is 2.48 bits per heavy atom. The topological polar surface area (TPSA) is 50.1 Å². The Morgan fingerprint density at radius 2 is 1.78 bits per heavy atom. The van der Waals surface area contributed by atoms with Crippen LogP contribution in [0.2, 0.25) is 0 Å². The lowest BCUT2D eigenvalue weighted by atomic mass is 10.1.